The quantitative estimate of drug-likeness (QED) is 0.919. The Morgan fingerprint density at radius 1 is 1.09 bits per heavy atom. The van der Waals surface area contributed by atoms with Crippen molar-refractivity contribution in [2.45, 2.75) is 11.3 Å². The van der Waals surface area contributed by atoms with Gasteiger partial charge in [0, 0.05) is 5.56 Å². The molecule has 2 aromatic carbocycles. The van der Waals surface area contributed by atoms with Gasteiger partial charge in [-0.15, -0.1) is 13.2 Å². The number of halogens is 4. The molecule has 118 valence electrons. The molecule has 2 N–H and O–H groups in total. The van der Waals surface area contributed by atoms with Crippen LogP contribution >= 0.6 is 11.6 Å². The zero-order valence-electron chi connectivity index (χ0n) is 10.8. The van der Waals surface area contributed by atoms with E-state index in [4.69, 9.17) is 16.7 Å². The van der Waals surface area contributed by atoms with Gasteiger partial charge in [-0.05, 0) is 23.8 Å². The van der Waals surface area contributed by atoms with Crippen molar-refractivity contribution in [1.82, 2.24) is 0 Å². The zero-order chi connectivity index (χ0) is 16.5. The Labute approximate surface area is 129 Å². The van der Waals surface area contributed by atoms with Gasteiger partial charge in [0.25, 0.3) is 0 Å². The summed E-state index contributed by atoms with van der Waals surface area (Å²) in [6.07, 6.45) is -4.85. The fraction of sp³-hybridized carbons (Fsp3) is 0.0769. The molecule has 0 aliphatic carbocycles. The number of ether oxygens (including phenoxy) is 1. The van der Waals surface area contributed by atoms with Crippen LogP contribution in [0.1, 0.15) is 0 Å². The van der Waals surface area contributed by atoms with Crippen LogP contribution in [0.3, 0.4) is 0 Å². The van der Waals surface area contributed by atoms with Crippen molar-refractivity contribution in [2.24, 2.45) is 5.14 Å². The number of primary sulfonamides is 1. The van der Waals surface area contributed by atoms with Gasteiger partial charge in [-0.3, -0.25) is 0 Å². The number of hydrogen-bond acceptors (Lipinski definition) is 3. The molecule has 4 nitrogen and oxygen atoms in total. The van der Waals surface area contributed by atoms with E-state index in [1.807, 2.05) is 0 Å². The topological polar surface area (TPSA) is 69.4 Å². The highest BCUT2D eigenvalue weighted by molar-refractivity contribution is 7.89. The number of rotatable bonds is 3. The second-order valence-corrected chi connectivity index (χ2v) is 6.17. The Morgan fingerprint density at radius 3 is 2.27 bits per heavy atom. The molecule has 0 radical (unpaired) electrons. The highest BCUT2D eigenvalue weighted by Crippen LogP contribution is 2.35. The molecule has 0 aliphatic rings. The SMILES string of the molecule is NS(=O)(=O)c1ccc(-c2ccccc2OC(F)(F)F)cc1Cl. The van der Waals surface area contributed by atoms with Crippen molar-refractivity contribution in [3.63, 3.8) is 0 Å². The molecule has 0 saturated carbocycles. The molecule has 0 aromatic heterocycles. The molecule has 0 fully saturated rings. The first kappa shape index (κ1) is 16.6. The van der Waals surface area contributed by atoms with E-state index in [1.54, 1.807) is 0 Å². The van der Waals surface area contributed by atoms with Crippen LogP contribution in [0.4, 0.5) is 13.2 Å². The summed E-state index contributed by atoms with van der Waals surface area (Å²) in [5.41, 5.74) is 0.375. The Morgan fingerprint density at radius 2 is 1.73 bits per heavy atom. The van der Waals surface area contributed by atoms with Crippen LogP contribution in [0.15, 0.2) is 47.4 Å². The maximum atomic E-state index is 12.4. The molecule has 0 spiro atoms. The van der Waals surface area contributed by atoms with Crippen molar-refractivity contribution in [1.29, 1.82) is 0 Å². The standard InChI is InChI=1S/C13H9ClF3NO3S/c14-10-7-8(5-6-12(10)22(18,19)20)9-3-1-2-4-11(9)21-13(15,16)17/h1-7H,(H2,18,19,20). The third-order valence-corrected chi connectivity index (χ3v) is 4.06. The monoisotopic (exact) mass is 351 g/mol. The smallest absolute Gasteiger partial charge is 0.405 e. The maximum Gasteiger partial charge on any atom is 0.573 e. The van der Waals surface area contributed by atoms with Crippen molar-refractivity contribution in [3.8, 4) is 16.9 Å². The van der Waals surface area contributed by atoms with Crippen molar-refractivity contribution < 1.29 is 26.3 Å². The van der Waals surface area contributed by atoms with E-state index in [0.717, 1.165) is 12.1 Å². The summed E-state index contributed by atoms with van der Waals surface area (Å²) in [5.74, 6) is -0.422. The third kappa shape index (κ3) is 3.90. The summed E-state index contributed by atoms with van der Waals surface area (Å²) in [6.45, 7) is 0. The average molecular weight is 352 g/mol. The first-order valence-corrected chi connectivity index (χ1v) is 7.68. The normalized spacial score (nSPS) is 12.2. The largest absolute Gasteiger partial charge is 0.573 e. The first-order chi connectivity index (χ1) is 10.1. The third-order valence-electron chi connectivity index (χ3n) is 2.66. The zero-order valence-corrected chi connectivity index (χ0v) is 12.3. The van der Waals surface area contributed by atoms with Gasteiger partial charge in [0.15, 0.2) is 0 Å². The lowest BCUT2D eigenvalue weighted by Crippen LogP contribution is -2.17. The number of alkyl halides is 3. The van der Waals surface area contributed by atoms with Crippen LogP contribution < -0.4 is 9.88 Å². The van der Waals surface area contributed by atoms with Crippen LogP contribution in [-0.2, 0) is 10.0 Å². The van der Waals surface area contributed by atoms with Crippen molar-refractivity contribution in [2.75, 3.05) is 0 Å². The van der Waals surface area contributed by atoms with Gasteiger partial charge in [-0.1, -0.05) is 35.9 Å². The summed E-state index contributed by atoms with van der Waals surface area (Å²) in [4.78, 5) is -0.313. The molecular weight excluding hydrogens is 343 g/mol. The summed E-state index contributed by atoms with van der Waals surface area (Å²) in [7, 11) is -4.01. The van der Waals surface area contributed by atoms with Crippen LogP contribution in [0.5, 0.6) is 5.75 Å². The van der Waals surface area contributed by atoms with Crippen molar-refractivity contribution >= 4 is 21.6 Å². The molecule has 0 heterocycles. The van der Waals surface area contributed by atoms with Gasteiger partial charge in [-0.25, -0.2) is 13.6 Å². The van der Waals surface area contributed by atoms with Crippen molar-refractivity contribution in [3.05, 3.63) is 47.5 Å². The average Bonchev–Trinajstić information content (AvgIpc) is 2.35. The second-order valence-electron chi connectivity index (χ2n) is 4.23. The van der Waals surface area contributed by atoms with Gasteiger partial charge in [0.05, 0.1) is 5.02 Å². The number of para-hydroxylation sites is 1. The van der Waals surface area contributed by atoms with Gasteiger partial charge < -0.3 is 4.74 Å². The van der Waals surface area contributed by atoms with Gasteiger partial charge in [0.2, 0.25) is 10.0 Å². The molecule has 2 aromatic rings. The van der Waals surface area contributed by atoms with Gasteiger partial charge in [0.1, 0.15) is 10.6 Å². The molecule has 0 atom stereocenters. The lowest BCUT2D eigenvalue weighted by atomic mass is 10.0. The summed E-state index contributed by atoms with van der Waals surface area (Å²) >= 11 is 5.83. The van der Waals surface area contributed by atoms with Crippen LogP contribution in [-0.4, -0.2) is 14.8 Å². The molecule has 0 bridgehead atoms. The van der Waals surface area contributed by atoms with E-state index in [2.05, 4.69) is 4.74 Å². The Balaban J connectivity index is 2.52. The van der Waals surface area contributed by atoms with E-state index in [0.29, 0.717) is 0 Å². The minimum Gasteiger partial charge on any atom is -0.405 e. The van der Waals surface area contributed by atoms with Crippen LogP contribution in [0.2, 0.25) is 5.02 Å². The lowest BCUT2D eigenvalue weighted by molar-refractivity contribution is -0.274. The minimum atomic E-state index is -4.85. The molecule has 22 heavy (non-hydrogen) atoms. The summed E-state index contributed by atoms with van der Waals surface area (Å²) < 4.78 is 63.7. The highest BCUT2D eigenvalue weighted by atomic mass is 35.5. The molecular formula is C13H9ClF3NO3S. The van der Waals surface area contributed by atoms with E-state index in [1.165, 1.54) is 30.3 Å². The maximum absolute atomic E-state index is 12.4. The Hall–Kier alpha value is -1.77. The van der Waals surface area contributed by atoms with Gasteiger partial charge >= 0.3 is 6.36 Å². The predicted molar refractivity (Wildman–Crippen MR) is 74.9 cm³/mol. The molecule has 9 heteroatoms. The molecule has 2 rings (SSSR count). The fourth-order valence-electron chi connectivity index (χ4n) is 1.82. The van der Waals surface area contributed by atoms with E-state index in [-0.39, 0.29) is 21.0 Å². The highest BCUT2D eigenvalue weighted by Gasteiger charge is 2.32. The van der Waals surface area contributed by atoms with Crippen LogP contribution in [0, 0.1) is 0 Å². The fourth-order valence-corrected chi connectivity index (χ4v) is 2.91. The summed E-state index contributed by atoms with van der Waals surface area (Å²) in [5, 5.41) is 4.78. The minimum absolute atomic E-state index is 0.114. The number of hydrogen-bond donors (Lipinski definition) is 1. The van der Waals surface area contributed by atoms with E-state index in [9.17, 15) is 21.6 Å². The molecule has 0 saturated heterocycles. The molecule has 0 unspecified atom stereocenters. The van der Waals surface area contributed by atoms with E-state index < -0.39 is 22.1 Å². The molecule has 0 aliphatic heterocycles. The Bertz CT molecular complexity index is 806. The molecule has 0 amide bonds. The number of benzene rings is 2. The van der Waals surface area contributed by atoms with E-state index >= 15 is 0 Å². The summed E-state index contributed by atoms with van der Waals surface area (Å²) in [6, 6.07) is 9.06. The predicted octanol–water partition coefficient (Wildman–Crippen LogP) is 3.55. The number of sulfonamides is 1. The van der Waals surface area contributed by atoms with Gasteiger partial charge in [-0.2, -0.15) is 0 Å². The second kappa shape index (κ2) is 5.79. The lowest BCUT2D eigenvalue weighted by Gasteiger charge is -2.14. The Kier molecular flexibility index (Phi) is 4.37. The number of nitrogens with two attached hydrogens (primary N) is 1. The van der Waals surface area contributed by atoms with Crippen LogP contribution in [0.25, 0.3) is 11.1 Å². The first-order valence-electron chi connectivity index (χ1n) is 5.75.